The van der Waals surface area contributed by atoms with Crippen molar-refractivity contribution in [2.75, 3.05) is 10.6 Å². The molecule has 2 amide bonds. The Bertz CT molecular complexity index is 1650. The highest BCUT2D eigenvalue weighted by Gasteiger charge is 2.37. The van der Waals surface area contributed by atoms with Crippen LogP contribution >= 0.6 is 0 Å². The molecule has 0 unspecified atom stereocenters. The number of benzene rings is 3. The summed E-state index contributed by atoms with van der Waals surface area (Å²) in [5.41, 5.74) is -1.76. The standard InChI is InChI=1S/C26H16F6N6O2/c27-25(28,29)14-9-15(26(30,31)32)11-17(10-14)37-24(39)36-16-5-7-18(8-6-16)40-21-4-2-1-3-19(21)22-20-12-35-38-23(20)34-13-33-22/h1-13H,(H2,36,37,39)(H,33,34,35,38). The molecule has 0 atom stereocenters. The van der Waals surface area contributed by atoms with E-state index < -0.39 is 35.2 Å². The summed E-state index contributed by atoms with van der Waals surface area (Å²) in [6.07, 6.45) is -7.10. The molecule has 0 radical (unpaired) electrons. The molecule has 0 spiro atoms. The van der Waals surface area contributed by atoms with Crippen LogP contribution in [0.4, 0.5) is 42.5 Å². The van der Waals surface area contributed by atoms with Gasteiger partial charge >= 0.3 is 18.4 Å². The van der Waals surface area contributed by atoms with Gasteiger partial charge in [-0.25, -0.2) is 14.8 Å². The highest BCUT2D eigenvalue weighted by Crippen LogP contribution is 2.38. The van der Waals surface area contributed by atoms with Crippen LogP contribution in [0.2, 0.25) is 0 Å². The maximum Gasteiger partial charge on any atom is 0.416 e. The van der Waals surface area contributed by atoms with Crippen LogP contribution in [0.3, 0.4) is 0 Å². The summed E-state index contributed by atoms with van der Waals surface area (Å²) < 4.78 is 84.4. The minimum atomic E-state index is -5.04. The molecule has 0 fully saturated rings. The van der Waals surface area contributed by atoms with Crippen molar-refractivity contribution in [1.29, 1.82) is 0 Å². The summed E-state index contributed by atoms with van der Waals surface area (Å²) in [6.45, 7) is 0. The summed E-state index contributed by atoms with van der Waals surface area (Å²) >= 11 is 0. The van der Waals surface area contributed by atoms with Crippen LogP contribution in [0.5, 0.6) is 11.5 Å². The van der Waals surface area contributed by atoms with Crippen LogP contribution in [-0.2, 0) is 12.4 Å². The van der Waals surface area contributed by atoms with Gasteiger partial charge in [0.1, 0.15) is 17.8 Å². The Morgan fingerprint density at radius 3 is 2.12 bits per heavy atom. The van der Waals surface area contributed by atoms with Crippen molar-refractivity contribution < 1.29 is 35.9 Å². The number of anilines is 2. The number of amides is 2. The van der Waals surface area contributed by atoms with Gasteiger partial charge in [-0.3, -0.25) is 5.10 Å². The Kier molecular flexibility index (Phi) is 6.75. The molecule has 8 nitrogen and oxygen atoms in total. The van der Waals surface area contributed by atoms with E-state index in [2.05, 4.69) is 25.5 Å². The van der Waals surface area contributed by atoms with Gasteiger partial charge in [0.05, 0.1) is 28.4 Å². The minimum absolute atomic E-state index is 0.0253. The summed E-state index contributed by atoms with van der Waals surface area (Å²) in [5, 5.41) is 11.8. The lowest BCUT2D eigenvalue weighted by atomic mass is 10.1. The number of para-hydroxylation sites is 1. The van der Waals surface area contributed by atoms with Gasteiger partial charge in [-0.15, -0.1) is 0 Å². The summed E-state index contributed by atoms with van der Waals surface area (Å²) in [4.78, 5) is 20.8. The van der Waals surface area contributed by atoms with Gasteiger partial charge in [-0.05, 0) is 54.6 Å². The molecule has 204 valence electrons. The lowest BCUT2D eigenvalue weighted by Crippen LogP contribution is -2.20. The molecular formula is C26H16F6N6O2. The van der Waals surface area contributed by atoms with Crippen LogP contribution < -0.4 is 15.4 Å². The first-order valence-corrected chi connectivity index (χ1v) is 11.4. The van der Waals surface area contributed by atoms with E-state index in [1.165, 1.54) is 30.6 Å². The molecule has 0 aliphatic heterocycles. The van der Waals surface area contributed by atoms with E-state index in [1.807, 2.05) is 17.4 Å². The van der Waals surface area contributed by atoms with Gasteiger partial charge in [-0.2, -0.15) is 31.4 Å². The van der Waals surface area contributed by atoms with Crippen molar-refractivity contribution in [3.63, 3.8) is 0 Å². The van der Waals surface area contributed by atoms with Crippen molar-refractivity contribution in [2.24, 2.45) is 0 Å². The zero-order chi connectivity index (χ0) is 28.5. The topological polar surface area (TPSA) is 105 Å². The number of aromatic nitrogens is 4. The fourth-order valence-electron chi connectivity index (χ4n) is 3.78. The molecule has 0 bridgehead atoms. The summed E-state index contributed by atoms with van der Waals surface area (Å²) in [6, 6.07) is 12.8. The maximum absolute atomic E-state index is 13.1. The number of nitrogens with zero attached hydrogens (tertiary/aromatic N) is 3. The Labute approximate surface area is 221 Å². The van der Waals surface area contributed by atoms with E-state index in [9.17, 15) is 31.1 Å². The molecule has 2 heterocycles. The average Bonchev–Trinajstić information content (AvgIpc) is 3.38. The average molecular weight is 558 g/mol. The normalized spacial score (nSPS) is 11.8. The first kappa shape index (κ1) is 26.5. The van der Waals surface area contributed by atoms with Gasteiger partial charge in [0, 0.05) is 16.9 Å². The Hall–Kier alpha value is -5.14. The van der Waals surface area contributed by atoms with Crippen LogP contribution in [-0.4, -0.2) is 26.2 Å². The van der Waals surface area contributed by atoms with Crippen LogP contribution in [0, 0.1) is 0 Å². The largest absolute Gasteiger partial charge is 0.457 e. The molecule has 14 heteroatoms. The predicted molar refractivity (Wildman–Crippen MR) is 133 cm³/mol. The quantitative estimate of drug-likeness (QED) is 0.194. The second kappa shape index (κ2) is 10.2. The molecule has 0 aliphatic carbocycles. The van der Waals surface area contributed by atoms with Gasteiger partial charge in [-0.1, -0.05) is 12.1 Å². The number of ether oxygens (including phenoxy) is 1. The summed E-state index contributed by atoms with van der Waals surface area (Å²) in [7, 11) is 0. The van der Waals surface area contributed by atoms with Crippen LogP contribution in [0.25, 0.3) is 22.3 Å². The molecule has 5 aromatic rings. The first-order valence-electron chi connectivity index (χ1n) is 11.4. The number of nitrogens with one attached hydrogen (secondary N) is 3. The number of alkyl halides is 6. The van der Waals surface area contributed by atoms with Gasteiger partial charge < -0.3 is 15.4 Å². The third-order valence-electron chi connectivity index (χ3n) is 5.58. The number of hydrogen-bond donors (Lipinski definition) is 3. The predicted octanol–water partition coefficient (Wildman–Crippen LogP) is 7.49. The zero-order valence-electron chi connectivity index (χ0n) is 19.9. The lowest BCUT2D eigenvalue weighted by Gasteiger charge is -2.15. The second-order valence-corrected chi connectivity index (χ2v) is 8.35. The number of carbonyl (C=O) groups excluding carboxylic acids is 1. The van der Waals surface area contributed by atoms with Gasteiger partial charge in [0.25, 0.3) is 0 Å². The van der Waals surface area contributed by atoms with E-state index in [1.54, 1.807) is 18.3 Å². The highest BCUT2D eigenvalue weighted by molar-refractivity contribution is 6.00. The molecule has 3 aromatic carbocycles. The van der Waals surface area contributed by atoms with E-state index in [0.717, 1.165) is 0 Å². The van der Waals surface area contributed by atoms with Crippen LogP contribution in [0.1, 0.15) is 11.1 Å². The monoisotopic (exact) mass is 558 g/mol. The van der Waals surface area contributed by atoms with E-state index >= 15 is 0 Å². The van der Waals surface area contributed by atoms with Crippen LogP contribution in [0.15, 0.2) is 79.3 Å². The van der Waals surface area contributed by atoms with Crippen molar-refractivity contribution in [3.05, 3.63) is 90.4 Å². The molecule has 0 saturated heterocycles. The third-order valence-corrected chi connectivity index (χ3v) is 5.58. The lowest BCUT2D eigenvalue weighted by molar-refractivity contribution is -0.143. The number of urea groups is 1. The number of carbonyl (C=O) groups is 1. The minimum Gasteiger partial charge on any atom is -0.457 e. The SMILES string of the molecule is O=C(Nc1ccc(Oc2ccccc2-c2ncnc3[nH]ncc23)cc1)Nc1cc(C(F)(F)F)cc(C(F)(F)F)c1. The number of aromatic amines is 1. The Morgan fingerprint density at radius 1 is 0.800 bits per heavy atom. The van der Waals surface area contributed by atoms with Gasteiger partial charge in [0.2, 0.25) is 0 Å². The van der Waals surface area contributed by atoms with Crippen molar-refractivity contribution in [1.82, 2.24) is 20.2 Å². The first-order chi connectivity index (χ1) is 19.0. The molecule has 0 saturated carbocycles. The zero-order valence-corrected chi connectivity index (χ0v) is 19.9. The van der Waals surface area contributed by atoms with E-state index in [4.69, 9.17) is 4.74 Å². The molecule has 40 heavy (non-hydrogen) atoms. The molecule has 3 N–H and O–H groups in total. The number of halogens is 6. The van der Waals surface area contributed by atoms with Crippen molar-refractivity contribution in [3.8, 4) is 22.8 Å². The number of H-pyrrole nitrogens is 1. The number of rotatable bonds is 5. The van der Waals surface area contributed by atoms with Crippen molar-refractivity contribution >= 4 is 28.4 Å². The smallest absolute Gasteiger partial charge is 0.416 e. The number of fused-ring (bicyclic) bond motifs is 1. The Balaban J connectivity index is 1.30. The molecule has 0 aliphatic rings. The van der Waals surface area contributed by atoms with Gasteiger partial charge in [0.15, 0.2) is 5.65 Å². The maximum atomic E-state index is 13.1. The summed E-state index contributed by atoms with van der Waals surface area (Å²) in [5.74, 6) is 0.843. The third kappa shape index (κ3) is 5.80. The fourth-order valence-corrected chi connectivity index (χ4v) is 3.78. The Morgan fingerprint density at radius 2 is 1.45 bits per heavy atom. The molecule has 5 rings (SSSR count). The highest BCUT2D eigenvalue weighted by atomic mass is 19.4. The van der Waals surface area contributed by atoms with Crippen molar-refractivity contribution in [2.45, 2.75) is 12.4 Å². The molecular weight excluding hydrogens is 542 g/mol. The number of hydrogen-bond acceptors (Lipinski definition) is 5. The fraction of sp³-hybridized carbons (Fsp3) is 0.0769. The van der Waals surface area contributed by atoms with E-state index in [0.29, 0.717) is 45.9 Å². The van der Waals surface area contributed by atoms with E-state index in [-0.39, 0.29) is 11.8 Å². The second-order valence-electron chi connectivity index (χ2n) is 8.35. The molecule has 2 aromatic heterocycles.